The molecule has 2 amide bonds. The van der Waals surface area contributed by atoms with Gasteiger partial charge in [0.1, 0.15) is 5.75 Å². The van der Waals surface area contributed by atoms with Crippen LogP contribution >= 0.6 is 15.9 Å². The van der Waals surface area contributed by atoms with Crippen molar-refractivity contribution < 1.29 is 14.3 Å². The zero-order valence-electron chi connectivity index (χ0n) is 13.7. The molecule has 2 rings (SSSR count). The Kier molecular flexibility index (Phi) is 5.98. The summed E-state index contributed by atoms with van der Waals surface area (Å²) >= 11 is 3.37. The first-order chi connectivity index (χ1) is 11.3. The van der Waals surface area contributed by atoms with Gasteiger partial charge in [-0.1, -0.05) is 22.0 Å². The Labute approximate surface area is 149 Å². The fourth-order valence-corrected chi connectivity index (χ4v) is 2.47. The molecule has 0 saturated carbocycles. The lowest BCUT2D eigenvalue weighted by Gasteiger charge is -2.15. The first kappa shape index (κ1) is 18.0. The average Bonchev–Trinajstić information content (AvgIpc) is 2.48. The molecule has 0 bridgehead atoms. The maximum atomic E-state index is 12.6. The number of rotatable bonds is 5. The SMILES string of the molecule is CC(=O)Nc1cccc(NC(=O)c2cc(Br)ccc2OC(C)C)c1. The number of ether oxygens (including phenoxy) is 1. The zero-order valence-corrected chi connectivity index (χ0v) is 15.3. The smallest absolute Gasteiger partial charge is 0.259 e. The van der Waals surface area contributed by atoms with Crippen molar-refractivity contribution in [2.75, 3.05) is 10.6 Å². The normalized spacial score (nSPS) is 10.4. The number of halogens is 1. The fraction of sp³-hybridized carbons (Fsp3) is 0.222. The Morgan fingerprint density at radius 3 is 2.33 bits per heavy atom. The van der Waals surface area contributed by atoms with E-state index in [4.69, 9.17) is 4.74 Å². The van der Waals surface area contributed by atoms with E-state index >= 15 is 0 Å². The molecule has 0 saturated heterocycles. The van der Waals surface area contributed by atoms with Gasteiger partial charge in [0, 0.05) is 22.8 Å². The van der Waals surface area contributed by atoms with E-state index in [0.717, 1.165) is 4.47 Å². The number of carbonyl (C=O) groups is 2. The molecule has 2 aromatic carbocycles. The number of nitrogens with one attached hydrogen (secondary N) is 2. The number of hydrogen-bond acceptors (Lipinski definition) is 3. The summed E-state index contributed by atoms with van der Waals surface area (Å²) in [6.07, 6.45) is -0.0409. The van der Waals surface area contributed by atoms with Crippen LogP contribution in [-0.2, 0) is 4.79 Å². The summed E-state index contributed by atoms with van der Waals surface area (Å²) in [4.78, 5) is 23.7. The number of hydrogen-bond donors (Lipinski definition) is 2. The molecule has 0 heterocycles. The molecule has 0 spiro atoms. The Morgan fingerprint density at radius 2 is 1.71 bits per heavy atom. The van der Waals surface area contributed by atoms with Crippen LogP contribution in [0.5, 0.6) is 5.75 Å². The average molecular weight is 391 g/mol. The van der Waals surface area contributed by atoms with Crippen LogP contribution in [0.1, 0.15) is 31.1 Å². The summed E-state index contributed by atoms with van der Waals surface area (Å²) in [7, 11) is 0. The molecule has 24 heavy (non-hydrogen) atoms. The van der Waals surface area contributed by atoms with Crippen LogP contribution in [0.4, 0.5) is 11.4 Å². The molecule has 0 unspecified atom stereocenters. The van der Waals surface area contributed by atoms with Gasteiger partial charge < -0.3 is 15.4 Å². The van der Waals surface area contributed by atoms with Crippen molar-refractivity contribution in [3.63, 3.8) is 0 Å². The van der Waals surface area contributed by atoms with E-state index in [0.29, 0.717) is 22.7 Å². The summed E-state index contributed by atoms with van der Waals surface area (Å²) in [6, 6.07) is 12.3. The van der Waals surface area contributed by atoms with Gasteiger partial charge in [-0.25, -0.2) is 0 Å². The first-order valence-electron chi connectivity index (χ1n) is 7.50. The van der Waals surface area contributed by atoms with Gasteiger partial charge in [-0.05, 0) is 50.2 Å². The highest BCUT2D eigenvalue weighted by Crippen LogP contribution is 2.26. The monoisotopic (exact) mass is 390 g/mol. The quantitative estimate of drug-likeness (QED) is 0.792. The minimum Gasteiger partial charge on any atom is -0.490 e. The first-order valence-corrected chi connectivity index (χ1v) is 8.29. The number of carbonyl (C=O) groups excluding carboxylic acids is 2. The minimum atomic E-state index is -0.285. The number of benzene rings is 2. The number of amides is 2. The molecule has 0 radical (unpaired) electrons. The van der Waals surface area contributed by atoms with Gasteiger partial charge >= 0.3 is 0 Å². The molecule has 0 fully saturated rings. The van der Waals surface area contributed by atoms with Crippen molar-refractivity contribution in [2.24, 2.45) is 0 Å². The van der Waals surface area contributed by atoms with E-state index in [1.165, 1.54) is 6.92 Å². The lowest BCUT2D eigenvalue weighted by atomic mass is 10.1. The standard InChI is InChI=1S/C18H19BrN2O3/c1-11(2)24-17-8-7-13(19)9-16(17)18(23)21-15-6-4-5-14(10-15)20-12(3)22/h4-11H,1-3H3,(H,20,22)(H,21,23). The van der Waals surface area contributed by atoms with Gasteiger partial charge in [-0.15, -0.1) is 0 Å². The van der Waals surface area contributed by atoms with Crippen molar-refractivity contribution in [1.82, 2.24) is 0 Å². The third kappa shape index (κ3) is 5.09. The van der Waals surface area contributed by atoms with Crippen LogP contribution in [0.15, 0.2) is 46.9 Å². The molecule has 0 aromatic heterocycles. The van der Waals surface area contributed by atoms with Gasteiger partial charge in [-0.2, -0.15) is 0 Å². The van der Waals surface area contributed by atoms with E-state index < -0.39 is 0 Å². The van der Waals surface area contributed by atoms with Gasteiger partial charge in [-0.3, -0.25) is 9.59 Å². The molecule has 0 atom stereocenters. The molecule has 126 valence electrons. The van der Waals surface area contributed by atoms with Gasteiger partial charge in [0.25, 0.3) is 5.91 Å². The van der Waals surface area contributed by atoms with Crippen LogP contribution in [0.2, 0.25) is 0 Å². The van der Waals surface area contributed by atoms with Crippen molar-refractivity contribution >= 4 is 39.1 Å². The predicted molar refractivity (Wildman–Crippen MR) is 98.6 cm³/mol. The van der Waals surface area contributed by atoms with Gasteiger partial charge in [0.15, 0.2) is 0 Å². The van der Waals surface area contributed by atoms with E-state index in [9.17, 15) is 9.59 Å². The minimum absolute atomic E-state index is 0.0409. The van der Waals surface area contributed by atoms with E-state index in [1.807, 2.05) is 19.9 Å². The molecule has 0 aliphatic carbocycles. The van der Waals surface area contributed by atoms with Crippen LogP contribution in [-0.4, -0.2) is 17.9 Å². The second kappa shape index (κ2) is 7.97. The summed E-state index contributed by atoms with van der Waals surface area (Å²) in [6.45, 7) is 5.24. The fourth-order valence-electron chi connectivity index (χ4n) is 2.11. The Morgan fingerprint density at radius 1 is 1.04 bits per heavy atom. The van der Waals surface area contributed by atoms with Crippen LogP contribution in [0, 0.1) is 0 Å². The second-order valence-electron chi connectivity index (χ2n) is 5.52. The van der Waals surface area contributed by atoms with Crippen molar-refractivity contribution in [1.29, 1.82) is 0 Å². The molecule has 2 aromatic rings. The highest BCUT2D eigenvalue weighted by Gasteiger charge is 2.15. The predicted octanol–water partition coefficient (Wildman–Crippen LogP) is 4.45. The summed E-state index contributed by atoms with van der Waals surface area (Å²) in [5.74, 6) is 0.0636. The topological polar surface area (TPSA) is 67.4 Å². The number of anilines is 2. The largest absolute Gasteiger partial charge is 0.490 e. The molecule has 0 aliphatic rings. The summed E-state index contributed by atoms with van der Waals surface area (Å²) in [5.41, 5.74) is 1.64. The third-order valence-corrected chi connectivity index (χ3v) is 3.48. The van der Waals surface area contributed by atoms with Crippen LogP contribution in [0.25, 0.3) is 0 Å². The van der Waals surface area contributed by atoms with Crippen molar-refractivity contribution in [2.45, 2.75) is 26.9 Å². The van der Waals surface area contributed by atoms with E-state index in [1.54, 1.807) is 36.4 Å². The zero-order chi connectivity index (χ0) is 17.7. The molecule has 6 heteroatoms. The van der Waals surface area contributed by atoms with Gasteiger partial charge in [0.05, 0.1) is 11.7 Å². The highest BCUT2D eigenvalue weighted by atomic mass is 79.9. The maximum absolute atomic E-state index is 12.6. The maximum Gasteiger partial charge on any atom is 0.259 e. The Hall–Kier alpha value is -2.34. The Bertz CT molecular complexity index is 760. The van der Waals surface area contributed by atoms with Crippen LogP contribution in [0.3, 0.4) is 0 Å². The molecule has 5 nitrogen and oxygen atoms in total. The van der Waals surface area contributed by atoms with Crippen LogP contribution < -0.4 is 15.4 Å². The molecule has 0 aliphatic heterocycles. The lowest BCUT2D eigenvalue weighted by Crippen LogP contribution is -2.16. The van der Waals surface area contributed by atoms with E-state index in [-0.39, 0.29) is 17.9 Å². The highest BCUT2D eigenvalue weighted by molar-refractivity contribution is 9.10. The van der Waals surface area contributed by atoms with Crippen molar-refractivity contribution in [3.8, 4) is 5.75 Å². The lowest BCUT2D eigenvalue weighted by molar-refractivity contribution is -0.114. The second-order valence-corrected chi connectivity index (χ2v) is 6.44. The molecular weight excluding hydrogens is 372 g/mol. The van der Waals surface area contributed by atoms with Gasteiger partial charge in [0.2, 0.25) is 5.91 Å². The molecular formula is C18H19BrN2O3. The van der Waals surface area contributed by atoms with E-state index in [2.05, 4.69) is 26.6 Å². The summed E-state index contributed by atoms with van der Waals surface area (Å²) in [5, 5.41) is 5.50. The summed E-state index contributed by atoms with van der Waals surface area (Å²) < 4.78 is 6.48. The molecule has 2 N–H and O–H groups in total. The Balaban J connectivity index is 2.23. The third-order valence-electron chi connectivity index (χ3n) is 2.99. The van der Waals surface area contributed by atoms with Crippen molar-refractivity contribution in [3.05, 3.63) is 52.5 Å².